The lowest BCUT2D eigenvalue weighted by atomic mass is 10.1. The summed E-state index contributed by atoms with van der Waals surface area (Å²) in [5.74, 6) is 2.11. The van der Waals surface area contributed by atoms with Gasteiger partial charge >= 0.3 is 15.5 Å². The first-order valence-electron chi connectivity index (χ1n) is 8.14. The van der Waals surface area contributed by atoms with Crippen LogP contribution in [0.3, 0.4) is 0 Å². The molecular formula is C15H24F3IN4O3S. The van der Waals surface area contributed by atoms with Crippen LogP contribution in [0, 0.1) is 13.8 Å². The molecule has 1 aliphatic rings. The van der Waals surface area contributed by atoms with Gasteiger partial charge in [0.2, 0.25) is 0 Å². The molecule has 2 N–H and O–H groups in total. The molecule has 2 rings (SSSR count). The molecule has 1 aromatic heterocycles. The first kappa shape index (κ1) is 24.0. The summed E-state index contributed by atoms with van der Waals surface area (Å²) in [6.07, 6.45) is 0.527. The van der Waals surface area contributed by atoms with Crippen LogP contribution in [0.2, 0.25) is 0 Å². The molecule has 0 bridgehead atoms. The van der Waals surface area contributed by atoms with Gasteiger partial charge in [-0.15, -0.1) is 24.0 Å². The molecule has 0 aliphatic carbocycles. The van der Waals surface area contributed by atoms with Crippen molar-refractivity contribution in [2.24, 2.45) is 4.99 Å². The van der Waals surface area contributed by atoms with Gasteiger partial charge in [-0.2, -0.15) is 17.5 Å². The van der Waals surface area contributed by atoms with Crippen molar-refractivity contribution in [1.82, 2.24) is 14.9 Å². The third-order valence-electron chi connectivity index (χ3n) is 4.24. The Morgan fingerprint density at radius 3 is 2.37 bits per heavy atom. The van der Waals surface area contributed by atoms with Crippen molar-refractivity contribution < 1.29 is 26.0 Å². The van der Waals surface area contributed by atoms with Gasteiger partial charge in [-0.3, -0.25) is 4.99 Å². The van der Waals surface area contributed by atoms with Gasteiger partial charge in [-0.05, 0) is 32.8 Å². The summed E-state index contributed by atoms with van der Waals surface area (Å²) in [4.78, 5) is 4.09. The minimum absolute atomic E-state index is 0. The summed E-state index contributed by atoms with van der Waals surface area (Å²) in [5.41, 5.74) is -4.28. The molecule has 7 nitrogen and oxygen atoms in total. The number of alkyl halides is 3. The molecular weight excluding hydrogens is 500 g/mol. The van der Waals surface area contributed by atoms with E-state index in [1.54, 1.807) is 7.05 Å². The van der Waals surface area contributed by atoms with Crippen LogP contribution >= 0.6 is 24.0 Å². The molecule has 0 atom stereocenters. The SMILES string of the molecule is CN=C(NCc1cc(C)oc1C)NC1CCN(S(=O)(=O)C(F)(F)F)CC1.I. The molecule has 1 aromatic rings. The molecule has 1 fully saturated rings. The number of sulfonamides is 1. The lowest BCUT2D eigenvalue weighted by Crippen LogP contribution is -2.51. The molecule has 1 saturated heterocycles. The van der Waals surface area contributed by atoms with Gasteiger partial charge in [0, 0.05) is 38.3 Å². The summed E-state index contributed by atoms with van der Waals surface area (Å²) in [6, 6.07) is 1.75. The zero-order chi connectivity index (χ0) is 19.5. The number of guanidine groups is 1. The highest BCUT2D eigenvalue weighted by Gasteiger charge is 2.50. The number of halogens is 4. The van der Waals surface area contributed by atoms with Crippen LogP contribution in [0.25, 0.3) is 0 Å². The Kier molecular flexibility index (Phi) is 8.41. The molecule has 27 heavy (non-hydrogen) atoms. The molecule has 0 unspecified atom stereocenters. The van der Waals surface area contributed by atoms with Crippen molar-refractivity contribution in [3.8, 4) is 0 Å². The van der Waals surface area contributed by atoms with Crippen molar-refractivity contribution in [2.45, 2.75) is 44.8 Å². The Bertz CT molecular complexity index is 757. The quantitative estimate of drug-likeness (QED) is 0.359. The minimum atomic E-state index is -5.26. The first-order chi connectivity index (χ1) is 12.0. The van der Waals surface area contributed by atoms with Crippen LogP contribution in [-0.4, -0.2) is 50.4 Å². The maximum absolute atomic E-state index is 12.6. The molecule has 0 spiro atoms. The highest BCUT2D eigenvalue weighted by atomic mass is 127. The minimum Gasteiger partial charge on any atom is -0.466 e. The monoisotopic (exact) mass is 524 g/mol. The van der Waals surface area contributed by atoms with Gasteiger partial charge in [0.1, 0.15) is 11.5 Å². The molecule has 0 amide bonds. The van der Waals surface area contributed by atoms with Gasteiger partial charge in [0.25, 0.3) is 0 Å². The van der Waals surface area contributed by atoms with Crippen LogP contribution in [0.1, 0.15) is 29.9 Å². The lowest BCUT2D eigenvalue weighted by molar-refractivity contribution is -0.0494. The zero-order valence-electron chi connectivity index (χ0n) is 15.3. The summed E-state index contributed by atoms with van der Waals surface area (Å²) < 4.78 is 66.6. The first-order valence-corrected chi connectivity index (χ1v) is 9.58. The van der Waals surface area contributed by atoms with Crippen LogP contribution in [0.4, 0.5) is 13.2 Å². The van der Waals surface area contributed by atoms with E-state index >= 15 is 0 Å². The molecule has 0 saturated carbocycles. The fourth-order valence-electron chi connectivity index (χ4n) is 2.81. The third kappa shape index (κ3) is 5.98. The van der Waals surface area contributed by atoms with Crippen LogP contribution < -0.4 is 10.6 Å². The van der Waals surface area contributed by atoms with E-state index < -0.39 is 15.5 Å². The van der Waals surface area contributed by atoms with Crippen molar-refractivity contribution in [1.29, 1.82) is 0 Å². The number of rotatable bonds is 4. The van der Waals surface area contributed by atoms with E-state index in [-0.39, 0.29) is 55.9 Å². The number of furan rings is 1. The Balaban J connectivity index is 0.00000364. The van der Waals surface area contributed by atoms with E-state index in [2.05, 4.69) is 15.6 Å². The fraction of sp³-hybridized carbons (Fsp3) is 0.667. The molecule has 12 heteroatoms. The molecule has 1 aliphatic heterocycles. The van der Waals surface area contributed by atoms with E-state index in [1.165, 1.54) is 0 Å². The standard InChI is InChI=1S/C15H23F3N4O3S.HI/c1-10-8-12(11(2)25-10)9-20-14(19-3)21-13-4-6-22(7-5-13)26(23,24)15(16,17)18;/h8,13H,4-7,9H2,1-3H3,(H2,19,20,21);1H. The molecule has 0 aromatic carbocycles. The van der Waals surface area contributed by atoms with Gasteiger partial charge < -0.3 is 15.1 Å². The number of hydrogen-bond donors (Lipinski definition) is 2. The summed E-state index contributed by atoms with van der Waals surface area (Å²) in [7, 11) is -3.67. The van der Waals surface area contributed by atoms with E-state index in [0.717, 1.165) is 17.1 Å². The van der Waals surface area contributed by atoms with Crippen LogP contribution in [0.15, 0.2) is 15.5 Å². The Morgan fingerprint density at radius 2 is 1.93 bits per heavy atom. The highest BCUT2D eigenvalue weighted by Crippen LogP contribution is 2.28. The van der Waals surface area contributed by atoms with Crippen molar-refractivity contribution >= 4 is 40.0 Å². The largest absolute Gasteiger partial charge is 0.511 e. The van der Waals surface area contributed by atoms with Crippen LogP contribution in [0.5, 0.6) is 0 Å². The predicted molar refractivity (Wildman–Crippen MR) is 107 cm³/mol. The summed E-state index contributed by atoms with van der Waals surface area (Å²) in [5, 5.41) is 6.24. The van der Waals surface area contributed by atoms with Gasteiger partial charge in [-0.1, -0.05) is 0 Å². The Hall–Kier alpha value is -1.02. The van der Waals surface area contributed by atoms with Crippen molar-refractivity contribution in [2.75, 3.05) is 20.1 Å². The van der Waals surface area contributed by atoms with E-state index in [1.807, 2.05) is 19.9 Å². The fourth-order valence-corrected chi connectivity index (χ4v) is 3.80. The third-order valence-corrected chi connectivity index (χ3v) is 5.87. The van der Waals surface area contributed by atoms with Crippen molar-refractivity contribution in [3.05, 3.63) is 23.2 Å². The number of aliphatic imine (C=N–C) groups is 1. The van der Waals surface area contributed by atoms with Gasteiger partial charge in [0.05, 0.1) is 0 Å². The number of aryl methyl sites for hydroxylation is 2. The van der Waals surface area contributed by atoms with E-state index in [0.29, 0.717) is 16.8 Å². The van der Waals surface area contributed by atoms with E-state index in [9.17, 15) is 21.6 Å². The van der Waals surface area contributed by atoms with Gasteiger partial charge in [0.15, 0.2) is 5.96 Å². The second-order valence-electron chi connectivity index (χ2n) is 6.13. The van der Waals surface area contributed by atoms with Crippen molar-refractivity contribution in [3.63, 3.8) is 0 Å². The van der Waals surface area contributed by atoms with Gasteiger partial charge in [-0.25, -0.2) is 8.42 Å². The maximum Gasteiger partial charge on any atom is 0.511 e. The van der Waals surface area contributed by atoms with E-state index in [4.69, 9.17) is 4.42 Å². The maximum atomic E-state index is 12.6. The zero-order valence-corrected chi connectivity index (χ0v) is 18.4. The number of hydrogen-bond acceptors (Lipinski definition) is 4. The lowest BCUT2D eigenvalue weighted by Gasteiger charge is -2.32. The predicted octanol–water partition coefficient (Wildman–Crippen LogP) is 2.49. The molecule has 156 valence electrons. The molecule has 2 heterocycles. The normalized spacial score (nSPS) is 17.5. The summed E-state index contributed by atoms with van der Waals surface area (Å²) in [6.45, 7) is 3.83. The number of nitrogens with zero attached hydrogens (tertiary/aromatic N) is 2. The second-order valence-corrected chi connectivity index (χ2v) is 8.06. The Labute approximate surface area is 173 Å². The number of nitrogens with one attached hydrogen (secondary N) is 2. The molecule has 0 radical (unpaired) electrons. The highest BCUT2D eigenvalue weighted by molar-refractivity contribution is 14.0. The second kappa shape index (κ2) is 9.45. The number of piperidine rings is 1. The smallest absolute Gasteiger partial charge is 0.466 e. The summed E-state index contributed by atoms with van der Waals surface area (Å²) >= 11 is 0. The average molecular weight is 524 g/mol. The average Bonchev–Trinajstić information content (AvgIpc) is 2.88. The Morgan fingerprint density at radius 1 is 1.33 bits per heavy atom. The van der Waals surface area contributed by atoms with Crippen LogP contribution in [-0.2, 0) is 16.6 Å². The topological polar surface area (TPSA) is 86.9 Å².